The smallest absolute Gasteiger partial charge is 0.338 e. The van der Waals surface area contributed by atoms with Crippen molar-refractivity contribution in [1.29, 1.82) is 0 Å². The lowest BCUT2D eigenvalue weighted by Crippen LogP contribution is -2.08. The second-order valence-corrected chi connectivity index (χ2v) is 17.1. The molecule has 4 aromatic carbocycles. The molecule has 0 heterocycles. The largest absolute Gasteiger partial charge is 0.423 e. The van der Waals surface area contributed by atoms with E-state index in [4.69, 9.17) is 32.4 Å². The van der Waals surface area contributed by atoms with Gasteiger partial charge in [-0.05, 0) is 86.6 Å². The van der Waals surface area contributed by atoms with Gasteiger partial charge in [0.15, 0.2) is 0 Å². The van der Waals surface area contributed by atoms with Crippen molar-refractivity contribution in [3.8, 4) is 23.0 Å². The summed E-state index contributed by atoms with van der Waals surface area (Å²) in [6.07, 6.45) is 1.93. The van der Waals surface area contributed by atoms with E-state index in [1.165, 1.54) is 74.5 Å². The maximum Gasteiger partial charge on any atom is 0.338 e. The fraction of sp³-hybridized carbons (Fsp3) is 0.0526. The molecule has 0 amide bonds. The summed E-state index contributed by atoms with van der Waals surface area (Å²) in [5, 5.41) is 0. The summed E-state index contributed by atoms with van der Waals surface area (Å²) in [7, 11) is -17.0. The summed E-state index contributed by atoms with van der Waals surface area (Å²) in [6.45, 7) is 16.1. The van der Waals surface area contributed by atoms with Crippen LogP contribution in [-0.2, 0) is 59.7 Å². The minimum absolute atomic E-state index is 0.0232. The predicted molar refractivity (Wildman–Crippen MR) is 218 cm³/mol. The molecular formula is C38H36O20S4. The molecule has 0 fully saturated rings. The number of esters is 4. The fourth-order valence-electron chi connectivity index (χ4n) is 3.46. The molecule has 4 aromatic rings. The van der Waals surface area contributed by atoms with Gasteiger partial charge in [0.2, 0.25) is 0 Å². The summed E-state index contributed by atoms with van der Waals surface area (Å²) in [4.78, 5) is 42.6. The zero-order chi connectivity index (χ0) is 47.6. The van der Waals surface area contributed by atoms with Crippen LogP contribution in [0.3, 0.4) is 0 Å². The fourth-order valence-corrected chi connectivity index (χ4v) is 5.45. The molecule has 0 aliphatic carbocycles. The van der Waals surface area contributed by atoms with E-state index in [-0.39, 0.29) is 53.7 Å². The second-order valence-electron chi connectivity index (χ2n) is 11.4. The number of ether oxygens (including phenoxy) is 4. The highest BCUT2D eigenvalue weighted by atomic mass is 32.2. The minimum Gasteiger partial charge on any atom is -0.423 e. The molecule has 332 valence electrons. The quantitative estimate of drug-likeness (QED) is 0.0636. The normalized spacial score (nSPS) is 10.8. The number of carbonyl (C=O) groups excluding carboxylic acids is 4. The zero-order valence-corrected chi connectivity index (χ0v) is 35.4. The summed E-state index contributed by atoms with van der Waals surface area (Å²) in [6, 6.07) is 19.5. The number of carbonyl (C=O) groups is 4. The standard InChI is InChI=1S/2C10H10O5S.2C9H8O5S/c1-7(2)10(11)15-8-3-5-9(6-4-8)16(12,13)14;1-7(2)10(11)15-8-4-3-5-9(6-8)16(12,13)14;1-2-9(10)14-7-3-5-8(6-4-7)15(11,12)13;1-2-9(10)14-7-4-3-5-8(6-7)15(11,12)13/h2*3-6H,1H2,2H3,(H,12,13,14);2*2-6H,1H2,(H,11,12,13). The van der Waals surface area contributed by atoms with Gasteiger partial charge in [-0.25, -0.2) is 19.2 Å². The number of hydrogen-bond acceptors (Lipinski definition) is 16. The van der Waals surface area contributed by atoms with Gasteiger partial charge < -0.3 is 18.9 Å². The van der Waals surface area contributed by atoms with Crippen LogP contribution in [0.2, 0.25) is 0 Å². The van der Waals surface area contributed by atoms with Crippen LogP contribution in [0.25, 0.3) is 0 Å². The number of rotatable bonds is 12. The van der Waals surface area contributed by atoms with Crippen LogP contribution in [-0.4, -0.2) is 75.8 Å². The number of hydrogen-bond donors (Lipinski definition) is 4. The lowest BCUT2D eigenvalue weighted by Gasteiger charge is -2.04. The van der Waals surface area contributed by atoms with Gasteiger partial charge in [-0.15, -0.1) is 0 Å². The Kier molecular flexibility index (Phi) is 20.1. The average Bonchev–Trinajstić information content (AvgIpc) is 3.17. The van der Waals surface area contributed by atoms with E-state index in [1.54, 1.807) is 0 Å². The van der Waals surface area contributed by atoms with Crippen molar-refractivity contribution in [2.24, 2.45) is 0 Å². The Balaban J connectivity index is 0.000000414. The Morgan fingerprint density at radius 3 is 1.00 bits per heavy atom. The zero-order valence-electron chi connectivity index (χ0n) is 32.2. The Hall–Kier alpha value is -6.64. The van der Waals surface area contributed by atoms with Crippen LogP contribution in [0.4, 0.5) is 0 Å². The third kappa shape index (κ3) is 20.1. The first-order chi connectivity index (χ1) is 28.5. The van der Waals surface area contributed by atoms with E-state index >= 15 is 0 Å². The molecule has 0 unspecified atom stereocenters. The molecule has 0 aliphatic rings. The molecule has 0 atom stereocenters. The molecule has 0 saturated carbocycles. The van der Waals surface area contributed by atoms with Crippen molar-refractivity contribution in [1.82, 2.24) is 0 Å². The first-order valence-electron chi connectivity index (χ1n) is 16.2. The topological polar surface area (TPSA) is 323 Å². The van der Waals surface area contributed by atoms with E-state index in [0.717, 1.165) is 48.6 Å². The highest BCUT2D eigenvalue weighted by Crippen LogP contribution is 2.20. The third-order valence-corrected chi connectivity index (χ3v) is 9.77. The lowest BCUT2D eigenvalue weighted by molar-refractivity contribution is -0.130. The first-order valence-corrected chi connectivity index (χ1v) is 22.0. The summed E-state index contributed by atoms with van der Waals surface area (Å²) in [5.74, 6) is -2.20. The second kappa shape index (κ2) is 23.4. The van der Waals surface area contributed by atoms with Crippen LogP contribution in [0.5, 0.6) is 23.0 Å². The van der Waals surface area contributed by atoms with Gasteiger partial charge in [0, 0.05) is 35.4 Å². The molecule has 0 saturated heterocycles. The molecule has 0 aromatic heterocycles. The molecule has 0 radical (unpaired) electrons. The van der Waals surface area contributed by atoms with Crippen molar-refractivity contribution >= 4 is 64.3 Å². The van der Waals surface area contributed by atoms with E-state index in [2.05, 4.69) is 31.1 Å². The predicted octanol–water partition coefficient (Wildman–Crippen LogP) is 4.88. The molecule has 0 aliphatic heterocycles. The molecule has 0 bridgehead atoms. The SMILES string of the molecule is C=C(C)C(=O)Oc1ccc(S(=O)(=O)O)cc1.C=C(C)C(=O)Oc1cccc(S(=O)(=O)O)c1.C=CC(=O)Oc1ccc(S(=O)(=O)O)cc1.C=CC(=O)Oc1cccc(S(=O)(=O)O)c1. The monoisotopic (exact) mass is 940 g/mol. The van der Waals surface area contributed by atoms with Crippen LogP contribution >= 0.6 is 0 Å². The Labute approximate surface area is 356 Å². The van der Waals surface area contributed by atoms with Crippen molar-refractivity contribution < 1.29 is 90.0 Å². The van der Waals surface area contributed by atoms with Crippen molar-refractivity contribution in [3.05, 3.63) is 147 Å². The van der Waals surface area contributed by atoms with Gasteiger partial charge in [-0.2, -0.15) is 33.7 Å². The Morgan fingerprint density at radius 2 is 0.710 bits per heavy atom. The lowest BCUT2D eigenvalue weighted by atomic mass is 10.3. The molecule has 24 heteroatoms. The van der Waals surface area contributed by atoms with E-state index in [0.29, 0.717) is 0 Å². The van der Waals surface area contributed by atoms with Gasteiger partial charge in [0.25, 0.3) is 40.5 Å². The first kappa shape index (κ1) is 53.4. The van der Waals surface area contributed by atoms with Gasteiger partial charge in [-0.3, -0.25) is 18.2 Å². The van der Waals surface area contributed by atoms with E-state index < -0.39 is 64.3 Å². The molecular weight excluding hydrogens is 905 g/mol. The highest BCUT2D eigenvalue weighted by molar-refractivity contribution is 7.86. The Morgan fingerprint density at radius 1 is 0.435 bits per heavy atom. The van der Waals surface area contributed by atoms with Crippen LogP contribution in [0, 0.1) is 0 Å². The van der Waals surface area contributed by atoms with Crippen molar-refractivity contribution in [3.63, 3.8) is 0 Å². The summed E-state index contributed by atoms with van der Waals surface area (Å²) < 4.78 is 140. The molecule has 20 nitrogen and oxygen atoms in total. The highest BCUT2D eigenvalue weighted by Gasteiger charge is 2.14. The summed E-state index contributed by atoms with van der Waals surface area (Å²) >= 11 is 0. The van der Waals surface area contributed by atoms with Crippen molar-refractivity contribution in [2.45, 2.75) is 33.4 Å². The third-order valence-electron chi connectivity index (χ3n) is 6.34. The van der Waals surface area contributed by atoms with Gasteiger partial charge >= 0.3 is 23.9 Å². The number of benzene rings is 4. The average molecular weight is 941 g/mol. The van der Waals surface area contributed by atoms with E-state index in [1.807, 2.05) is 0 Å². The van der Waals surface area contributed by atoms with Gasteiger partial charge in [0.05, 0.1) is 19.6 Å². The minimum atomic E-state index is -4.30. The molecule has 4 N–H and O–H groups in total. The van der Waals surface area contributed by atoms with Gasteiger partial charge in [0.1, 0.15) is 23.0 Å². The molecule has 0 spiro atoms. The Bertz CT molecular complexity index is 2780. The van der Waals surface area contributed by atoms with Crippen LogP contribution < -0.4 is 18.9 Å². The van der Waals surface area contributed by atoms with Crippen molar-refractivity contribution in [2.75, 3.05) is 0 Å². The maximum atomic E-state index is 11.1. The summed E-state index contributed by atoms with van der Waals surface area (Å²) in [5.41, 5.74) is 0.427. The van der Waals surface area contributed by atoms with Crippen LogP contribution in [0.15, 0.2) is 166 Å². The van der Waals surface area contributed by atoms with Crippen LogP contribution in [0.1, 0.15) is 13.8 Å². The van der Waals surface area contributed by atoms with Gasteiger partial charge in [-0.1, -0.05) is 38.4 Å². The molecule has 62 heavy (non-hydrogen) atoms. The van der Waals surface area contributed by atoms with E-state index in [9.17, 15) is 52.8 Å². The maximum absolute atomic E-state index is 11.1. The molecule has 4 rings (SSSR count).